The monoisotopic (exact) mass is 411 g/mol. The molecule has 2 fully saturated rings. The highest BCUT2D eigenvalue weighted by molar-refractivity contribution is 5.94. The summed E-state index contributed by atoms with van der Waals surface area (Å²) in [5, 5.41) is 13.7. The number of carbonyl (C=O) groups excluding carboxylic acids is 1. The zero-order valence-corrected chi connectivity index (χ0v) is 17.2. The molecule has 2 aromatic rings. The van der Waals surface area contributed by atoms with E-state index in [-0.39, 0.29) is 12.5 Å². The van der Waals surface area contributed by atoms with Gasteiger partial charge in [-0.25, -0.2) is 4.98 Å². The molecular formula is C22H29N5O3. The number of nitrogens with zero attached hydrogens (tertiary/aromatic N) is 4. The minimum absolute atomic E-state index is 0.191. The standard InChI is InChI=1S/C22H29N5O3/c28-21(18-3-5-19(6-4-18)30-14-13-26-10-1-2-11-26)25-16-22(29)7-12-27(17-22)20-15-23-8-9-24-20/h3-6,8-9,15,29H,1-2,7,10-14,16-17H2,(H,25,28)/t22-/m0/s1. The number of aromatic nitrogens is 2. The Labute approximate surface area is 176 Å². The number of β-amino-alcohol motifs (C(OH)–C–C–N with tert-alkyl or cyclic N) is 1. The van der Waals surface area contributed by atoms with Crippen LogP contribution in [0.25, 0.3) is 0 Å². The van der Waals surface area contributed by atoms with E-state index in [2.05, 4.69) is 20.2 Å². The summed E-state index contributed by atoms with van der Waals surface area (Å²) in [4.78, 5) is 25.2. The molecule has 0 bridgehead atoms. The van der Waals surface area contributed by atoms with Gasteiger partial charge in [0.1, 0.15) is 23.8 Å². The van der Waals surface area contributed by atoms with Gasteiger partial charge in [-0.1, -0.05) is 0 Å². The van der Waals surface area contributed by atoms with Crippen LogP contribution in [-0.4, -0.2) is 77.4 Å². The highest BCUT2D eigenvalue weighted by atomic mass is 16.5. The minimum Gasteiger partial charge on any atom is -0.492 e. The molecule has 8 nitrogen and oxygen atoms in total. The van der Waals surface area contributed by atoms with Crippen molar-refractivity contribution in [3.63, 3.8) is 0 Å². The molecule has 3 heterocycles. The maximum atomic E-state index is 12.5. The van der Waals surface area contributed by atoms with Gasteiger partial charge >= 0.3 is 0 Å². The first-order valence-electron chi connectivity index (χ1n) is 10.6. The average molecular weight is 412 g/mol. The second-order valence-corrected chi connectivity index (χ2v) is 8.06. The predicted molar refractivity (Wildman–Crippen MR) is 114 cm³/mol. The average Bonchev–Trinajstić information content (AvgIpc) is 3.44. The summed E-state index contributed by atoms with van der Waals surface area (Å²) in [6, 6.07) is 7.15. The SMILES string of the molecule is O=C(NC[C@@]1(O)CCN(c2cnccn2)C1)c1ccc(OCCN2CCCC2)cc1. The normalized spacial score (nSPS) is 21.7. The van der Waals surface area contributed by atoms with Crippen LogP contribution in [0.4, 0.5) is 5.82 Å². The highest BCUT2D eigenvalue weighted by Gasteiger charge is 2.37. The molecule has 1 atom stereocenters. The maximum absolute atomic E-state index is 12.5. The molecule has 2 aliphatic heterocycles. The molecule has 1 amide bonds. The van der Waals surface area contributed by atoms with Crippen LogP contribution in [-0.2, 0) is 0 Å². The number of aliphatic hydroxyl groups is 1. The predicted octanol–water partition coefficient (Wildman–Crippen LogP) is 1.32. The number of hydrogen-bond acceptors (Lipinski definition) is 7. The van der Waals surface area contributed by atoms with Gasteiger partial charge in [0, 0.05) is 44.1 Å². The van der Waals surface area contributed by atoms with Crippen LogP contribution < -0.4 is 15.0 Å². The van der Waals surface area contributed by atoms with Crippen molar-refractivity contribution in [2.45, 2.75) is 24.9 Å². The zero-order valence-electron chi connectivity index (χ0n) is 17.2. The van der Waals surface area contributed by atoms with Crippen molar-refractivity contribution in [1.82, 2.24) is 20.2 Å². The van der Waals surface area contributed by atoms with E-state index in [1.54, 1.807) is 30.7 Å². The van der Waals surface area contributed by atoms with Crippen molar-refractivity contribution in [2.75, 3.05) is 50.8 Å². The molecule has 1 aromatic carbocycles. The van der Waals surface area contributed by atoms with Gasteiger partial charge in [0.15, 0.2) is 0 Å². The van der Waals surface area contributed by atoms with E-state index in [4.69, 9.17) is 4.74 Å². The fraction of sp³-hybridized carbons (Fsp3) is 0.500. The fourth-order valence-corrected chi connectivity index (χ4v) is 4.00. The van der Waals surface area contributed by atoms with Gasteiger partial charge in [-0.2, -0.15) is 0 Å². The zero-order chi connectivity index (χ0) is 20.8. The number of nitrogens with one attached hydrogen (secondary N) is 1. The van der Waals surface area contributed by atoms with Gasteiger partial charge in [-0.3, -0.25) is 14.7 Å². The highest BCUT2D eigenvalue weighted by Crippen LogP contribution is 2.24. The fourth-order valence-electron chi connectivity index (χ4n) is 4.00. The third kappa shape index (κ3) is 5.25. The van der Waals surface area contributed by atoms with Crippen LogP contribution in [0.5, 0.6) is 5.75 Å². The second kappa shape index (κ2) is 9.40. The van der Waals surface area contributed by atoms with Crippen molar-refractivity contribution < 1.29 is 14.6 Å². The summed E-state index contributed by atoms with van der Waals surface area (Å²) in [5.74, 6) is 1.30. The Morgan fingerprint density at radius 1 is 1.17 bits per heavy atom. The quantitative estimate of drug-likeness (QED) is 0.677. The number of ether oxygens (including phenoxy) is 1. The number of hydrogen-bond donors (Lipinski definition) is 2. The van der Waals surface area contributed by atoms with Crippen LogP contribution in [0.3, 0.4) is 0 Å². The van der Waals surface area contributed by atoms with E-state index >= 15 is 0 Å². The number of carbonyl (C=O) groups is 1. The molecule has 0 unspecified atom stereocenters. The lowest BCUT2D eigenvalue weighted by atomic mass is 10.0. The molecule has 2 saturated heterocycles. The largest absolute Gasteiger partial charge is 0.492 e. The van der Waals surface area contributed by atoms with Crippen LogP contribution in [0.2, 0.25) is 0 Å². The van der Waals surface area contributed by atoms with Crippen molar-refractivity contribution in [1.29, 1.82) is 0 Å². The van der Waals surface area contributed by atoms with Gasteiger partial charge in [0.2, 0.25) is 0 Å². The molecule has 2 N–H and O–H groups in total. The summed E-state index contributed by atoms with van der Waals surface area (Å²) >= 11 is 0. The van der Waals surface area contributed by atoms with Crippen LogP contribution in [0.1, 0.15) is 29.6 Å². The molecule has 2 aliphatic rings. The summed E-state index contributed by atoms with van der Waals surface area (Å²) in [6.07, 6.45) is 8.05. The van der Waals surface area contributed by atoms with Gasteiger partial charge < -0.3 is 20.1 Å². The number of likely N-dealkylation sites (tertiary alicyclic amines) is 1. The molecule has 30 heavy (non-hydrogen) atoms. The van der Waals surface area contributed by atoms with Crippen LogP contribution in [0.15, 0.2) is 42.9 Å². The first kappa shape index (κ1) is 20.6. The molecule has 0 saturated carbocycles. The Bertz CT molecular complexity index is 826. The molecule has 160 valence electrons. The van der Waals surface area contributed by atoms with Crippen molar-refractivity contribution in [2.24, 2.45) is 0 Å². The van der Waals surface area contributed by atoms with Gasteiger partial charge in [0.25, 0.3) is 5.91 Å². The summed E-state index contributed by atoms with van der Waals surface area (Å²) in [6.45, 7) is 5.19. The number of rotatable bonds is 8. The van der Waals surface area contributed by atoms with E-state index in [0.717, 1.165) is 31.2 Å². The molecule has 1 aromatic heterocycles. The third-order valence-corrected chi connectivity index (χ3v) is 5.78. The summed E-state index contributed by atoms with van der Waals surface area (Å²) in [7, 11) is 0. The van der Waals surface area contributed by atoms with Gasteiger partial charge in [-0.05, 0) is 56.6 Å². The maximum Gasteiger partial charge on any atom is 0.251 e. The molecule has 0 spiro atoms. The Morgan fingerprint density at radius 2 is 1.97 bits per heavy atom. The first-order valence-corrected chi connectivity index (χ1v) is 10.6. The summed E-state index contributed by atoms with van der Waals surface area (Å²) in [5.41, 5.74) is -0.430. The lowest BCUT2D eigenvalue weighted by molar-refractivity contribution is 0.0575. The lowest BCUT2D eigenvalue weighted by Crippen LogP contribution is -2.45. The number of anilines is 1. The van der Waals surface area contributed by atoms with E-state index < -0.39 is 5.60 Å². The smallest absolute Gasteiger partial charge is 0.251 e. The first-order chi connectivity index (χ1) is 14.6. The Balaban J connectivity index is 1.22. The Hall–Kier alpha value is -2.71. The number of benzene rings is 1. The molecule has 4 rings (SSSR count). The summed E-state index contributed by atoms with van der Waals surface area (Å²) < 4.78 is 5.78. The molecule has 0 radical (unpaired) electrons. The van der Waals surface area contributed by atoms with Gasteiger partial charge in [0.05, 0.1) is 6.20 Å². The van der Waals surface area contributed by atoms with Gasteiger partial charge in [-0.15, -0.1) is 0 Å². The number of amides is 1. The van der Waals surface area contributed by atoms with E-state index in [9.17, 15) is 9.90 Å². The third-order valence-electron chi connectivity index (χ3n) is 5.78. The second-order valence-electron chi connectivity index (χ2n) is 8.06. The lowest BCUT2D eigenvalue weighted by Gasteiger charge is -2.24. The molecule has 8 heteroatoms. The molecule has 0 aliphatic carbocycles. The van der Waals surface area contributed by atoms with Crippen LogP contribution >= 0.6 is 0 Å². The van der Waals surface area contributed by atoms with E-state index in [1.807, 2.05) is 17.0 Å². The van der Waals surface area contributed by atoms with E-state index in [1.165, 1.54) is 12.8 Å². The van der Waals surface area contributed by atoms with Crippen molar-refractivity contribution in [3.8, 4) is 5.75 Å². The van der Waals surface area contributed by atoms with E-state index in [0.29, 0.717) is 31.7 Å². The van der Waals surface area contributed by atoms with Crippen molar-refractivity contribution in [3.05, 3.63) is 48.4 Å². The topological polar surface area (TPSA) is 90.8 Å². The molecular weight excluding hydrogens is 382 g/mol. The van der Waals surface area contributed by atoms with Crippen molar-refractivity contribution >= 4 is 11.7 Å². The Morgan fingerprint density at radius 3 is 2.70 bits per heavy atom. The Kier molecular flexibility index (Phi) is 6.44. The van der Waals surface area contributed by atoms with Crippen LogP contribution in [0, 0.1) is 0 Å². The minimum atomic E-state index is -0.980.